The van der Waals surface area contributed by atoms with E-state index in [4.69, 9.17) is 0 Å². The summed E-state index contributed by atoms with van der Waals surface area (Å²) in [4.78, 5) is 20.1. The van der Waals surface area contributed by atoms with Gasteiger partial charge in [0.2, 0.25) is 0 Å². The summed E-state index contributed by atoms with van der Waals surface area (Å²) < 4.78 is 15.9. The van der Waals surface area contributed by atoms with Gasteiger partial charge < -0.3 is 14.8 Å². The van der Waals surface area contributed by atoms with Crippen molar-refractivity contribution >= 4 is 16.8 Å². The van der Waals surface area contributed by atoms with E-state index < -0.39 is 0 Å². The maximum atomic E-state index is 13.9. The van der Waals surface area contributed by atoms with Gasteiger partial charge in [0, 0.05) is 24.7 Å². The Labute approximate surface area is 177 Å². The fourth-order valence-corrected chi connectivity index (χ4v) is 3.78. The zero-order valence-corrected chi connectivity index (χ0v) is 18.3. The third kappa shape index (κ3) is 5.05. The number of aromatic nitrogens is 2. The second-order valence-corrected chi connectivity index (χ2v) is 7.76. The summed E-state index contributed by atoms with van der Waals surface area (Å²) in [6.45, 7) is 9.43. The highest BCUT2D eigenvalue weighted by atomic mass is 19.1. The number of hydrogen-bond donors (Lipinski definition) is 1. The number of carbonyl (C=O) groups excluding carboxylic acids is 1. The van der Waals surface area contributed by atoms with Gasteiger partial charge >= 0.3 is 0 Å². The van der Waals surface area contributed by atoms with E-state index >= 15 is 0 Å². The van der Waals surface area contributed by atoms with Crippen LogP contribution in [0.4, 0.5) is 4.39 Å². The van der Waals surface area contributed by atoms with Gasteiger partial charge in [-0.15, -0.1) is 0 Å². The highest BCUT2D eigenvalue weighted by molar-refractivity contribution is 6.07. The minimum Gasteiger partial charge on any atom is -0.350 e. The molecule has 1 atom stereocenters. The summed E-state index contributed by atoms with van der Waals surface area (Å²) in [5, 5.41) is 3.62. The quantitative estimate of drug-likeness (QED) is 0.560. The molecule has 2 aromatic heterocycles. The highest BCUT2D eigenvalue weighted by Gasteiger charge is 2.17. The molecule has 3 rings (SSSR count). The average molecular weight is 411 g/mol. The average Bonchev–Trinajstić information content (AvgIpc) is 3.16. The van der Waals surface area contributed by atoms with Gasteiger partial charge in [-0.3, -0.25) is 4.79 Å². The predicted octanol–water partition coefficient (Wildman–Crippen LogP) is 4.62. The fraction of sp³-hybridized carbons (Fsp3) is 0.417. The lowest BCUT2D eigenvalue weighted by atomic mass is 10.0. The van der Waals surface area contributed by atoms with Gasteiger partial charge in [-0.2, -0.15) is 0 Å². The number of benzene rings is 1. The summed E-state index contributed by atoms with van der Waals surface area (Å²) >= 11 is 0. The first kappa shape index (κ1) is 22.0. The molecule has 1 aromatic carbocycles. The van der Waals surface area contributed by atoms with E-state index in [2.05, 4.69) is 29.0 Å². The predicted molar refractivity (Wildman–Crippen MR) is 120 cm³/mol. The van der Waals surface area contributed by atoms with Crippen LogP contribution in [0.15, 0.2) is 42.6 Å². The third-order valence-electron chi connectivity index (χ3n) is 5.60. The van der Waals surface area contributed by atoms with Crippen molar-refractivity contribution in [1.29, 1.82) is 0 Å². The van der Waals surface area contributed by atoms with Crippen LogP contribution in [0.2, 0.25) is 0 Å². The van der Waals surface area contributed by atoms with Gasteiger partial charge in [-0.05, 0) is 75.8 Å². The molecule has 0 bridgehead atoms. The van der Waals surface area contributed by atoms with Crippen LogP contribution < -0.4 is 5.32 Å². The Kier molecular flexibility index (Phi) is 7.21. The first-order valence-corrected chi connectivity index (χ1v) is 10.7. The number of amides is 1. The van der Waals surface area contributed by atoms with Gasteiger partial charge in [-0.1, -0.05) is 13.8 Å². The summed E-state index contributed by atoms with van der Waals surface area (Å²) in [7, 11) is 1.93. The molecule has 160 valence electrons. The largest absolute Gasteiger partial charge is 0.350 e. The van der Waals surface area contributed by atoms with Crippen LogP contribution in [0, 0.1) is 5.82 Å². The molecule has 0 aliphatic heterocycles. The standard InChI is InChI=1S/C24H31FN4O/c1-5-29(6-2)14-7-9-17(3)26-24(30)20-16-22(23-10-8-13-28(23)4)27-21-12-11-18(25)15-19(20)21/h8,10-13,15-17H,5-7,9,14H2,1-4H3,(H,26,30). The molecule has 0 fully saturated rings. The summed E-state index contributed by atoms with van der Waals surface area (Å²) in [5.41, 5.74) is 2.66. The number of nitrogens with zero attached hydrogens (tertiary/aromatic N) is 3. The third-order valence-corrected chi connectivity index (χ3v) is 5.60. The Hall–Kier alpha value is -2.73. The minimum atomic E-state index is -0.378. The zero-order valence-electron chi connectivity index (χ0n) is 18.3. The molecule has 1 N–H and O–H groups in total. The van der Waals surface area contributed by atoms with E-state index in [1.165, 1.54) is 12.1 Å². The van der Waals surface area contributed by atoms with Gasteiger partial charge in [-0.25, -0.2) is 9.37 Å². The molecule has 2 heterocycles. The molecular formula is C24H31FN4O. The Bertz CT molecular complexity index is 1010. The first-order chi connectivity index (χ1) is 14.4. The smallest absolute Gasteiger partial charge is 0.252 e. The lowest BCUT2D eigenvalue weighted by Crippen LogP contribution is -2.34. The molecule has 30 heavy (non-hydrogen) atoms. The maximum absolute atomic E-state index is 13.9. The summed E-state index contributed by atoms with van der Waals surface area (Å²) in [6, 6.07) is 10.1. The van der Waals surface area contributed by atoms with E-state index in [0.29, 0.717) is 22.2 Å². The monoisotopic (exact) mass is 410 g/mol. The van der Waals surface area contributed by atoms with Crippen LogP contribution in [0.25, 0.3) is 22.3 Å². The van der Waals surface area contributed by atoms with E-state index in [-0.39, 0.29) is 17.8 Å². The Balaban J connectivity index is 1.83. The molecule has 0 spiro atoms. The van der Waals surface area contributed by atoms with Crippen molar-refractivity contribution < 1.29 is 9.18 Å². The van der Waals surface area contributed by atoms with Crippen LogP contribution >= 0.6 is 0 Å². The van der Waals surface area contributed by atoms with Crippen LogP contribution in [0.3, 0.4) is 0 Å². The molecule has 0 aliphatic carbocycles. The SMILES string of the molecule is CCN(CC)CCCC(C)NC(=O)c1cc(-c2cccn2C)nc2ccc(F)cc12. The van der Waals surface area contributed by atoms with Gasteiger partial charge in [0.05, 0.1) is 22.5 Å². The van der Waals surface area contributed by atoms with Crippen LogP contribution in [-0.2, 0) is 7.05 Å². The topological polar surface area (TPSA) is 50.2 Å². The molecule has 3 aromatic rings. The number of carbonyl (C=O) groups is 1. The number of hydrogen-bond acceptors (Lipinski definition) is 3. The molecular weight excluding hydrogens is 379 g/mol. The zero-order chi connectivity index (χ0) is 21.7. The number of fused-ring (bicyclic) bond motifs is 1. The van der Waals surface area contributed by atoms with Gasteiger partial charge in [0.1, 0.15) is 5.82 Å². The van der Waals surface area contributed by atoms with Crippen molar-refractivity contribution in [2.45, 2.75) is 39.7 Å². The maximum Gasteiger partial charge on any atom is 0.252 e. The number of rotatable bonds is 9. The van der Waals surface area contributed by atoms with Crippen LogP contribution in [0.1, 0.15) is 44.0 Å². The molecule has 0 aliphatic rings. The van der Waals surface area contributed by atoms with Crippen molar-refractivity contribution in [3.05, 3.63) is 54.0 Å². The second-order valence-electron chi connectivity index (χ2n) is 7.76. The Morgan fingerprint density at radius 3 is 2.67 bits per heavy atom. The number of nitrogens with one attached hydrogen (secondary N) is 1. The van der Waals surface area contributed by atoms with Gasteiger partial charge in [0.15, 0.2) is 0 Å². The fourth-order valence-electron chi connectivity index (χ4n) is 3.78. The number of pyridine rings is 1. The molecule has 1 unspecified atom stereocenters. The molecule has 0 saturated carbocycles. The van der Waals surface area contributed by atoms with Crippen molar-refractivity contribution in [1.82, 2.24) is 19.8 Å². The Morgan fingerprint density at radius 1 is 1.23 bits per heavy atom. The van der Waals surface area contributed by atoms with Crippen molar-refractivity contribution in [3.63, 3.8) is 0 Å². The van der Waals surface area contributed by atoms with E-state index in [1.54, 1.807) is 12.1 Å². The molecule has 6 heteroatoms. The van der Waals surface area contributed by atoms with E-state index in [0.717, 1.165) is 38.2 Å². The number of aryl methyl sites for hydroxylation is 1. The van der Waals surface area contributed by atoms with E-state index in [9.17, 15) is 9.18 Å². The van der Waals surface area contributed by atoms with Gasteiger partial charge in [0.25, 0.3) is 5.91 Å². The normalized spacial score (nSPS) is 12.5. The lowest BCUT2D eigenvalue weighted by molar-refractivity contribution is 0.0939. The molecule has 0 radical (unpaired) electrons. The lowest BCUT2D eigenvalue weighted by Gasteiger charge is -2.20. The van der Waals surface area contributed by atoms with Crippen LogP contribution in [0.5, 0.6) is 0 Å². The minimum absolute atomic E-state index is 0.0309. The van der Waals surface area contributed by atoms with Crippen molar-refractivity contribution in [2.75, 3.05) is 19.6 Å². The first-order valence-electron chi connectivity index (χ1n) is 10.7. The van der Waals surface area contributed by atoms with Crippen molar-refractivity contribution in [3.8, 4) is 11.4 Å². The van der Waals surface area contributed by atoms with E-state index in [1.807, 2.05) is 36.9 Å². The summed E-state index contributed by atoms with van der Waals surface area (Å²) in [6.07, 6.45) is 3.84. The number of halogens is 1. The highest BCUT2D eigenvalue weighted by Crippen LogP contribution is 2.26. The van der Waals surface area contributed by atoms with Crippen LogP contribution in [-0.4, -0.2) is 46.0 Å². The summed E-state index contributed by atoms with van der Waals surface area (Å²) in [5.74, 6) is -0.573. The second kappa shape index (κ2) is 9.85. The van der Waals surface area contributed by atoms with Crippen molar-refractivity contribution in [2.24, 2.45) is 7.05 Å². The Morgan fingerprint density at radius 2 is 2.00 bits per heavy atom. The molecule has 5 nitrogen and oxygen atoms in total. The molecule has 0 saturated heterocycles. The molecule has 1 amide bonds.